The molecule has 0 aromatic heterocycles. The topological polar surface area (TPSA) is 20.2 Å². The van der Waals surface area contributed by atoms with Crippen LogP contribution in [-0.4, -0.2) is 10.7 Å². The average molecular weight is 154 g/mol. The Hall–Kier alpha value is -0.300. The van der Waals surface area contributed by atoms with Crippen LogP contribution in [0.5, 0.6) is 0 Å². The largest absolute Gasteiger partial charge is 0.386 e. The van der Waals surface area contributed by atoms with Crippen molar-refractivity contribution in [3.63, 3.8) is 0 Å². The molecule has 64 valence electrons. The van der Waals surface area contributed by atoms with Crippen LogP contribution in [0.15, 0.2) is 12.7 Å². The molecule has 0 aromatic carbocycles. The van der Waals surface area contributed by atoms with E-state index >= 15 is 0 Å². The van der Waals surface area contributed by atoms with Crippen LogP contribution < -0.4 is 0 Å². The van der Waals surface area contributed by atoms with Crippen LogP contribution in [0.1, 0.15) is 33.6 Å². The first-order valence-electron chi connectivity index (χ1n) is 4.26. The molecule has 11 heavy (non-hydrogen) atoms. The van der Waals surface area contributed by atoms with E-state index in [0.29, 0.717) is 5.92 Å². The van der Waals surface area contributed by atoms with Gasteiger partial charge in [0.05, 0.1) is 5.60 Å². The highest BCUT2D eigenvalue weighted by molar-refractivity contribution is 5.07. The molecule has 1 saturated carbocycles. The summed E-state index contributed by atoms with van der Waals surface area (Å²) in [6.07, 6.45) is 3.65. The summed E-state index contributed by atoms with van der Waals surface area (Å²) in [6, 6.07) is 0. The van der Waals surface area contributed by atoms with Crippen LogP contribution in [0, 0.1) is 11.3 Å². The monoisotopic (exact) mass is 154 g/mol. The standard InChI is InChI=1S/C10H18O/c1-5-10(11)7-9(3,4)6-8(10)2/h5,8,11H,1,6-7H2,2-4H3. The molecular formula is C10H18O. The number of aliphatic hydroxyl groups is 1. The minimum Gasteiger partial charge on any atom is -0.386 e. The fourth-order valence-electron chi connectivity index (χ4n) is 2.29. The molecule has 1 aliphatic rings. The van der Waals surface area contributed by atoms with Crippen molar-refractivity contribution in [3.05, 3.63) is 12.7 Å². The third kappa shape index (κ3) is 1.48. The molecule has 1 rings (SSSR count). The molecule has 2 atom stereocenters. The molecule has 0 spiro atoms. The highest BCUT2D eigenvalue weighted by Crippen LogP contribution is 2.47. The van der Waals surface area contributed by atoms with E-state index in [-0.39, 0.29) is 5.41 Å². The van der Waals surface area contributed by atoms with Crippen LogP contribution in [0.25, 0.3) is 0 Å². The average Bonchev–Trinajstić information content (AvgIpc) is 2.03. The summed E-state index contributed by atoms with van der Waals surface area (Å²) in [5.74, 6) is 0.356. The lowest BCUT2D eigenvalue weighted by Crippen LogP contribution is -2.28. The summed E-state index contributed by atoms with van der Waals surface area (Å²) in [4.78, 5) is 0. The third-order valence-corrected chi connectivity index (χ3v) is 2.83. The second-order valence-electron chi connectivity index (χ2n) is 4.64. The van der Waals surface area contributed by atoms with Gasteiger partial charge in [0.25, 0.3) is 0 Å². The molecule has 0 aromatic rings. The number of rotatable bonds is 1. The third-order valence-electron chi connectivity index (χ3n) is 2.83. The van der Waals surface area contributed by atoms with Gasteiger partial charge in [0.15, 0.2) is 0 Å². The smallest absolute Gasteiger partial charge is 0.0855 e. The molecule has 0 aliphatic heterocycles. The molecule has 1 fully saturated rings. The van der Waals surface area contributed by atoms with E-state index < -0.39 is 5.60 Å². The van der Waals surface area contributed by atoms with Crippen LogP contribution in [-0.2, 0) is 0 Å². The first kappa shape index (κ1) is 8.79. The molecule has 1 aliphatic carbocycles. The molecule has 1 heteroatoms. The molecule has 1 N–H and O–H groups in total. The predicted octanol–water partition coefficient (Wildman–Crippen LogP) is 2.36. The molecule has 0 saturated heterocycles. The van der Waals surface area contributed by atoms with Crippen molar-refractivity contribution in [2.75, 3.05) is 0 Å². The molecular weight excluding hydrogens is 136 g/mol. The second kappa shape index (κ2) is 2.34. The summed E-state index contributed by atoms with van der Waals surface area (Å²) >= 11 is 0. The fraction of sp³-hybridized carbons (Fsp3) is 0.800. The van der Waals surface area contributed by atoms with Crippen molar-refractivity contribution in [3.8, 4) is 0 Å². The predicted molar refractivity (Wildman–Crippen MR) is 47.3 cm³/mol. The van der Waals surface area contributed by atoms with E-state index in [1.807, 2.05) is 0 Å². The van der Waals surface area contributed by atoms with Gasteiger partial charge < -0.3 is 5.11 Å². The van der Waals surface area contributed by atoms with E-state index in [9.17, 15) is 5.11 Å². The Morgan fingerprint density at radius 2 is 2.09 bits per heavy atom. The Morgan fingerprint density at radius 1 is 1.55 bits per heavy atom. The van der Waals surface area contributed by atoms with E-state index in [0.717, 1.165) is 12.8 Å². The quantitative estimate of drug-likeness (QED) is 0.575. The van der Waals surface area contributed by atoms with E-state index in [1.165, 1.54) is 0 Å². The molecule has 2 unspecified atom stereocenters. The van der Waals surface area contributed by atoms with Crippen molar-refractivity contribution in [2.24, 2.45) is 11.3 Å². The highest BCUT2D eigenvalue weighted by Gasteiger charge is 2.45. The molecule has 0 amide bonds. The number of hydrogen-bond donors (Lipinski definition) is 1. The Morgan fingerprint density at radius 3 is 2.27 bits per heavy atom. The lowest BCUT2D eigenvalue weighted by Gasteiger charge is -2.23. The van der Waals surface area contributed by atoms with Crippen molar-refractivity contribution in [1.29, 1.82) is 0 Å². The van der Waals surface area contributed by atoms with Gasteiger partial charge in [-0.1, -0.05) is 26.8 Å². The van der Waals surface area contributed by atoms with Crippen LogP contribution in [0.4, 0.5) is 0 Å². The van der Waals surface area contributed by atoms with Crippen LogP contribution in [0.3, 0.4) is 0 Å². The molecule has 0 bridgehead atoms. The minimum atomic E-state index is -0.608. The van der Waals surface area contributed by atoms with Gasteiger partial charge in [-0.15, -0.1) is 6.58 Å². The zero-order valence-corrected chi connectivity index (χ0v) is 7.72. The van der Waals surface area contributed by atoms with Gasteiger partial charge in [0.2, 0.25) is 0 Å². The lowest BCUT2D eigenvalue weighted by atomic mass is 9.89. The zero-order chi connectivity index (χ0) is 8.70. The van der Waals surface area contributed by atoms with Gasteiger partial charge in [-0.3, -0.25) is 0 Å². The normalized spacial score (nSPS) is 42.4. The first-order chi connectivity index (χ1) is 4.90. The van der Waals surface area contributed by atoms with Crippen molar-refractivity contribution >= 4 is 0 Å². The van der Waals surface area contributed by atoms with Gasteiger partial charge >= 0.3 is 0 Å². The summed E-state index contributed by atoms with van der Waals surface area (Å²) in [7, 11) is 0. The lowest BCUT2D eigenvalue weighted by molar-refractivity contribution is 0.0534. The Labute approximate surface area is 69.1 Å². The maximum absolute atomic E-state index is 9.99. The van der Waals surface area contributed by atoms with Gasteiger partial charge in [-0.05, 0) is 24.2 Å². The van der Waals surface area contributed by atoms with E-state index in [4.69, 9.17) is 0 Å². The van der Waals surface area contributed by atoms with Gasteiger partial charge in [-0.2, -0.15) is 0 Å². The Kier molecular flexibility index (Phi) is 1.87. The fourth-order valence-corrected chi connectivity index (χ4v) is 2.29. The summed E-state index contributed by atoms with van der Waals surface area (Å²) in [5, 5.41) is 9.99. The second-order valence-corrected chi connectivity index (χ2v) is 4.64. The van der Waals surface area contributed by atoms with Crippen molar-refractivity contribution in [2.45, 2.75) is 39.2 Å². The zero-order valence-electron chi connectivity index (χ0n) is 7.72. The van der Waals surface area contributed by atoms with E-state index in [2.05, 4.69) is 27.4 Å². The molecule has 0 radical (unpaired) electrons. The Bertz CT molecular complexity index is 172. The van der Waals surface area contributed by atoms with Crippen molar-refractivity contribution < 1.29 is 5.11 Å². The summed E-state index contributed by atoms with van der Waals surface area (Å²) in [5.41, 5.74) is -0.328. The molecule has 1 nitrogen and oxygen atoms in total. The van der Waals surface area contributed by atoms with Gasteiger partial charge in [-0.25, -0.2) is 0 Å². The Balaban J connectivity index is 2.81. The minimum absolute atomic E-state index is 0.280. The maximum Gasteiger partial charge on any atom is 0.0855 e. The van der Waals surface area contributed by atoms with Gasteiger partial charge in [0, 0.05) is 0 Å². The summed E-state index contributed by atoms with van der Waals surface area (Å²) in [6.45, 7) is 10.2. The molecule has 0 heterocycles. The maximum atomic E-state index is 9.99. The van der Waals surface area contributed by atoms with Crippen LogP contribution in [0.2, 0.25) is 0 Å². The van der Waals surface area contributed by atoms with E-state index in [1.54, 1.807) is 6.08 Å². The summed E-state index contributed by atoms with van der Waals surface area (Å²) < 4.78 is 0. The SMILES string of the molecule is C=CC1(O)CC(C)(C)CC1C. The highest BCUT2D eigenvalue weighted by atomic mass is 16.3. The van der Waals surface area contributed by atoms with Crippen molar-refractivity contribution in [1.82, 2.24) is 0 Å². The van der Waals surface area contributed by atoms with Gasteiger partial charge in [0.1, 0.15) is 0 Å². The first-order valence-corrected chi connectivity index (χ1v) is 4.26. The van der Waals surface area contributed by atoms with Crippen LogP contribution >= 0.6 is 0 Å². The number of hydrogen-bond acceptors (Lipinski definition) is 1.